The van der Waals surface area contributed by atoms with Crippen LogP contribution in [-0.4, -0.2) is 65.0 Å². The molecular weight excluding hydrogens is 464 g/mol. The quantitative estimate of drug-likeness (QED) is 0.365. The minimum absolute atomic E-state index is 0.0912. The first-order valence-electron chi connectivity index (χ1n) is 12.4. The van der Waals surface area contributed by atoms with Gasteiger partial charge >= 0.3 is 11.9 Å². The van der Waals surface area contributed by atoms with Crippen LogP contribution in [0.25, 0.3) is 0 Å². The SMILES string of the molecule is [3H][C@@H]1O[C@H](CO[Si](c2ccccc2)(c2ccccc2)C(C)(C)C)[C@@H](OCC(=O)OCC)[C@H]1OC(C)=O. The van der Waals surface area contributed by atoms with Gasteiger partial charge in [-0.3, -0.25) is 4.79 Å². The van der Waals surface area contributed by atoms with Gasteiger partial charge in [-0.05, 0) is 22.3 Å². The van der Waals surface area contributed by atoms with Gasteiger partial charge in [-0.25, -0.2) is 4.79 Å². The summed E-state index contributed by atoms with van der Waals surface area (Å²) in [6.45, 7) is 8.26. The van der Waals surface area contributed by atoms with Crippen molar-refractivity contribution in [2.75, 3.05) is 26.4 Å². The molecule has 8 heteroatoms. The molecule has 3 rings (SSSR count). The van der Waals surface area contributed by atoms with Crippen LogP contribution < -0.4 is 10.4 Å². The number of hydrogen-bond donors (Lipinski definition) is 0. The summed E-state index contributed by atoms with van der Waals surface area (Å²) in [4.78, 5) is 23.7. The minimum Gasteiger partial charge on any atom is -0.464 e. The number of hydrogen-bond acceptors (Lipinski definition) is 7. The molecular formula is C27H36O7Si. The predicted molar refractivity (Wildman–Crippen MR) is 135 cm³/mol. The number of carbonyl (C=O) groups is 2. The second-order valence-electron chi connectivity index (χ2n) is 9.44. The molecule has 1 aliphatic rings. The lowest BCUT2D eigenvalue weighted by molar-refractivity contribution is -0.159. The molecule has 0 spiro atoms. The lowest BCUT2D eigenvalue weighted by atomic mass is 10.1. The van der Waals surface area contributed by atoms with Gasteiger partial charge in [0.2, 0.25) is 0 Å². The Labute approximate surface area is 210 Å². The van der Waals surface area contributed by atoms with Gasteiger partial charge in [0.05, 0.1) is 21.2 Å². The Morgan fingerprint density at radius 3 is 2.11 bits per heavy atom. The van der Waals surface area contributed by atoms with E-state index in [9.17, 15) is 9.59 Å². The van der Waals surface area contributed by atoms with E-state index in [0.717, 1.165) is 10.4 Å². The summed E-state index contributed by atoms with van der Waals surface area (Å²) in [7, 11) is -2.88. The maximum absolute atomic E-state index is 12.0. The Morgan fingerprint density at radius 2 is 1.63 bits per heavy atom. The Balaban J connectivity index is 1.95. The fourth-order valence-corrected chi connectivity index (χ4v) is 9.07. The van der Waals surface area contributed by atoms with Crippen molar-refractivity contribution >= 4 is 30.6 Å². The van der Waals surface area contributed by atoms with Crippen molar-refractivity contribution in [1.82, 2.24) is 0 Å². The number of ether oxygens (including phenoxy) is 4. The van der Waals surface area contributed by atoms with Gasteiger partial charge in [-0.1, -0.05) is 81.4 Å². The Hall–Kier alpha value is -2.52. The molecule has 1 saturated heterocycles. The average Bonchev–Trinajstić information content (AvgIpc) is 3.12. The first kappa shape index (κ1) is 25.6. The minimum atomic E-state index is -2.88. The molecule has 0 N–H and O–H groups in total. The summed E-state index contributed by atoms with van der Waals surface area (Å²) in [5.74, 6) is -1.10. The van der Waals surface area contributed by atoms with E-state index in [-0.39, 0.29) is 24.9 Å². The highest BCUT2D eigenvalue weighted by molar-refractivity contribution is 6.99. The maximum Gasteiger partial charge on any atom is 0.332 e. The zero-order valence-corrected chi connectivity index (χ0v) is 22.1. The van der Waals surface area contributed by atoms with Crippen LogP contribution in [0.3, 0.4) is 0 Å². The largest absolute Gasteiger partial charge is 0.464 e. The van der Waals surface area contributed by atoms with Crippen LogP contribution in [-0.2, 0) is 33.0 Å². The van der Waals surface area contributed by atoms with Crippen LogP contribution >= 0.6 is 0 Å². The smallest absolute Gasteiger partial charge is 0.332 e. The van der Waals surface area contributed by atoms with Crippen LogP contribution in [0.4, 0.5) is 0 Å². The van der Waals surface area contributed by atoms with E-state index in [2.05, 4.69) is 45.0 Å². The number of esters is 2. The molecule has 4 atom stereocenters. The molecule has 1 aliphatic heterocycles. The van der Waals surface area contributed by atoms with E-state index in [0.29, 0.717) is 0 Å². The molecule has 1 fully saturated rings. The monoisotopic (exact) mass is 502 g/mol. The van der Waals surface area contributed by atoms with Crippen LogP contribution in [0.15, 0.2) is 60.7 Å². The van der Waals surface area contributed by atoms with Crippen LogP contribution in [0.1, 0.15) is 36.0 Å². The van der Waals surface area contributed by atoms with Crippen molar-refractivity contribution < 1.29 is 34.3 Å². The van der Waals surface area contributed by atoms with Crippen molar-refractivity contribution in [3.05, 3.63) is 60.7 Å². The molecule has 190 valence electrons. The zero-order chi connectivity index (χ0) is 26.3. The molecule has 1 heterocycles. The standard InChI is InChI=1S/C27H36O7Si/c1-6-30-25(29)19-32-26-23(31-17-24(26)34-20(2)28)18-33-35(27(3,4)5,21-13-9-7-10-14-21)22-15-11-8-12-16-22/h7-16,23-24,26H,6,17-19H2,1-5H3/t23-,24+,26-/m1/s1/i17T/t17-,23+,24-,26+/m0. The highest BCUT2D eigenvalue weighted by Crippen LogP contribution is 2.37. The third-order valence-corrected chi connectivity index (χ3v) is 11.0. The summed E-state index contributed by atoms with van der Waals surface area (Å²) in [5.41, 5.74) is 0. The van der Waals surface area contributed by atoms with Crippen molar-refractivity contribution in [3.8, 4) is 0 Å². The second-order valence-corrected chi connectivity index (χ2v) is 13.7. The summed E-state index contributed by atoms with van der Waals surface area (Å²) in [5, 5.41) is 1.94. The van der Waals surface area contributed by atoms with Gasteiger partial charge in [0, 0.05) is 6.92 Å². The topological polar surface area (TPSA) is 80.3 Å². The summed E-state index contributed by atoms with van der Waals surface area (Å²) in [6, 6.07) is 20.3. The molecule has 0 aromatic heterocycles. The van der Waals surface area contributed by atoms with Crippen molar-refractivity contribution in [2.45, 2.75) is 58.0 Å². The first-order chi connectivity index (χ1) is 17.1. The fourth-order valence-electron chi connectivity index (χ4n) is 4.50. The van der Waals surface area contributed by atoms with Gasteiger partial charge in [0.1, 0.15) is 18.8 Å². The van der Waals surface area contributed by atoms with Crippen molar-refractivity contribution in [2.24, 2.45) is 0 Å². The molecule has 0 amide bonds. The zero-order valence-electron chi connectivity index (χ0n) is 22.1. The predicted octanol–water partition coefficient (Wildman–Crippen LogP) is 2.84. The molecule has 0 unspecified atom stereocenters. The third kappa shape index (κ3) is 6.38. The average molecular weight is 503 g/mol. The lowest BCUT2D eigenvalue weighted by Crippen LogP contribution is -2.67. The van der Waals surface area contributed by atoms with Gasteiger partial charge in [-0.15, -0.1) is 0 Å². The van der Waals surface area contributed by atoms with Gasteiger partial charge in [0.25, 0.3) is 8.32 Å². The molecule has 35 heavy (non-hydrogen) atoms. The summed E-state index contributed by atoms with van der Waals surface area (Å²) < 4.78 is 37.3. The number of carbonyl (C=O) groups excluding carboxylic acids is 2. The normalized spacial score (nSPS) is 22.9. The molecule has 0 bridgehead atoms. The molecule has 0 radical (unpaired) electrons. The molecule has 0 aliphatic carbocycles. The molecule has 2 aromatic rings. The van der Waals surface area contributed by atoms with E-state index in [1.54, 1.807) is 6.92 Å². The number of benzene rings is 2. The van der Waals surface area contributed by atoms with Gasteiger partial charge in [0.15, 0.2) is 6.10 Å². The fraction of sp³-hybridized carbons (Fsp3) is 0.481. The number of rotatable bonds is 10. The highest BCUT2D eigenvalue weighted by atomic mass is 28.4. The first-order valence-corrected chi connectivity index (χ1v) is 13.8. The Bertz CT molecular complexity index is 957. The van der Waals surface area contributed by atoms with Crippen LogP contribution in [0.5, 0.6) is 0 Å². The maximum atomic E-state index is 12.0. The molecule has 2 aromatic carbocycles. The van der Waals surface area contributed by atoms with E-state index in [1.807, 2.05) is 36.4 Å². The Morgan fingerprint density at radius 1 is 1.06 bits per heavy atom. The van der Waals surface area contributed by atoms with Crippen LogP contribution in [0.2, 0.25) is 5.04 Å². The third-order valence-electron chi connectivity index (χ3n) is 5.96. The summed E-state index contributed by atoms with van der Waals surface area (Å²) >= 11 is 0. The van der Waals surface area contributed by atoms with Gasteiger partial charge < -0.3 is 23.4 Å². The van der Waals surface area contributed by atoms with E-state index in [4.69, 9.17) is 24.7 Å². The Kier molecular flexibility index (Phi) is 8.72. The van der Waals surface area contributed by atoms with E-state index >= 15 is 0 Å². The molecule has 0 saturated carbocycles. The van der Waals surface area contributed by atoms with Crippen molar-refractivity contribution in [1.29, 1.82) is 0 Å². The second kappa shape index (κ2) is 11.9. The lowest BCUT2D eigenvalue weighted by Gasteiger charge is -2.43. The van der Waals surface area contributed by atoms with Crippen molar-refractivity contribution in [3.63, 3.8) is 0 Å². The van der Waals surface area contributed by atoms with E-state index in [1.165, 1.54) is 6.92 Å². The molecule has 7 nitrogen and oxygen atoms in total. The highest BCUT2D eigenvalue weighted by Gasteiger charge is 2.51. The van der Waals surface area contributed by atoms with Crippen LogP contribution in [0, 0.1) is 0 Å². The van der Waals surface area contributed by atoms with Gasteiger partial charge in [-0.2, -0.15) is 0 Å². The summed E-state index contributed by atoms with van der Waals surface area (Å²) in [6.07, 6.45) is -2.59. The van der Waals surface area contributed by atoms with E-state index < -0.39 is 45.2 Å².